The molecule has 0 fully saturated rings. The molecule has 2 N–H and O–H groups in total. The van der Waals surface area contributed by atoms with E-state index in [0.29, 0.717) is 5.75 Å². The maximum Gasteiger partial charge on any atom is 0.120 e. The second kappa shape index (κ2) is 6.56. The molecule has 0 atom stereocenters. The van der Waals surface area contributed by atoms with E-state index in [1.807, 2.05) is 24.4 Å². The topological polar surface area (TPSA) is 52.2 Å². The van der Waals surface area contributed by atoms with E-state index in [1.165, 1.54) is 22.2 Å². The van der Waals surface area contributed by atoms with Crippen LogP contribution >= 0.6 is 0 Å². The summed E-state index contributed by atoms with van der Waals surface area (Å²) in [7, 11) is 0. The molecule has 1 aliphatic heterocycles. The van der Waals surface area contributed by atoms with Crippen molar-refractivity contribution in [1.82, 2.24) is 14.9 Å². The average molecular weight is 355 g/mol. The summed E-state index contributed by atoms with van der Waals surface area (Å²) in [6.45, 7) is 2.60. The lowest BCUT2D eigenvalue weighted by Crippen LogP contribution is -2.29. The molecule has 0 aliphatic carbocycles. The van der Waals surface area contributed by atoms with Crippen molar-refractivity contribution in [2.45, 2.75) is 19.5 Å². The van der Waals surface area contributed by atoms with Gasteiger partial charge in [0.15, 0.2) is 0 Å². The SMILES string of the molecule is Oc1ccc(-c2cccnc2)cc1CN1CCc2c([nH]c3ccccc23)C1. The number of aromatic amines is 1. The molecule has 4 nitrogen and oxygen atoms in total. The van der Waals surface area contributed by atoms with Crippen LogP contribution in [0.4, 0.5) is 0 Å². The van der Waals surface area contributed by atoms with Gasteiger partial charge in [0.2, 0.25) is 0 Å². The number of nitrogens with one attached hydrogen (secondary N) is 1. The minimum absolute atomic E-state index is 0.352. The molecule has 0 spiro atoms. The number of fused-ring (bicyclic) bond motifs is 3. The fourth-order valence-corrected chi connectivity index (χ4v) is 4.05. The molecule has 0 bridgehead atoms. The van der Waals surface area contributed by atoms with E-state index < -0.39 is 0 Å². The maximum atomic E-state index is 10.4. The van der Waals surface area contributed by atoms with Crippen LogP contribution in [0.1, 0.15) is 16.8 Å². The highest BCUT2D eigenvalue weighted by Crippen LogP contribution is 2.30. The molecule has 0 amide bonds. The van der Waals surface area contributed by atoms with E-state index in [4.69, 9.17) is 0 Å². The Bertz CT molecular complexity index is 1100. The van der Waals surface area contributed by atoms with Crippen LogP contribution in [0.2, 0.25) is 0 Å². The molecule has 4 heteroatoms. The van der Waals surface area contributed by atoms with E-state index in [9.17, 15) is 5.11 Å². The molecule has 5 rings (SSSR count). The van der Waals surface area contributed by atoms with Gasteiger partial charge in [-0.1, -0.05) is 30.3 Å². The number of nitrogens with zero attached hydrogens (tertiary/aromatic N) is 2. The van der Waals surface area contributed by atoms with Crippen molar-refractivity contribution in [2.24, 2.45) is 0 Å². The standard InChI is InChI=1S/C23H21N3O/c27-23-8-7-16(17-4-3-10-24-13-17)12-18(23)14-26-11-9-20-19-5-1-2-6-21(19)25-22(20)15-26/h1-8,10,12-13,25,27H,9,11,14-15H2. The van der Waals surface area contributed by atoms with Crippen LogP contribution < -0.4 is 0 Å². The largest absolute Gasteiger partial charge is 0.508 e. The normalized spacial score (nSPS) is 14.4. The van der Waals surface area contributed by atoms with E-state index in [1.54, 1.807) is 12.3 Å². The molecule has 1 aliphatic rings. The van der Waals surface area contributed by atoms with Crippen LogP contribution in [0.5, 0.6) is 5.75 Å². The van der Waals surface area contributed by atoms with Crippen molar-refractivity contribution in [3.05, 3.63) is 83.8 Å². The number of aromatic hydroxyl groups is 1. The first kappa shape index (κ1) is 16.1. The highest BCUT2D eigenvalue weighted by atomic mass is 16.3. The molecule has 0 radical (unpaired) electrons. The van der Waals surface area contributed by atoms with Gasteiger partial charge < -0.3 is 10.1 Å². The summed E-state index contributed by atoms with van der Waals surface area (Å²) in [5.74, 6) is 0.352. The quantitative estimate of drug-likeness (QED) is 0.569. The molecule has 2 aromatic heterocycles. The van der Waals surface area contributed by atoms with E-state index in [0.717, 1.165) is 42.7 Å². The second-order valence-electron chi connectivity index (χ2n) is 7.17. The van der Waals surface area contributed by atoms with Crippen LogP contribution in [0.25, 0.3) is 22.0 Å². The molecule has 0 saturated carbocycles. The third-order valence-electron chi connectivity index (χ3n) is 5.43. The fourth-order valence-electron chi connectivity index (χ4n) is 4.05. The van der Waals surface area contributed by atoms with Gasteiger partial charge in [0.1, 0.15) is 5.75 Å². The first-order valence-corrected chi connectivity index (χ1v) is 9.31. The van der Waals surface area contributed by atoms with Crippen molar-refractivity contribution >= 4 is 10.9 Å². The van der Waals surface area contributed by atoms with Crippen LogP contribution in [0.3, 0.4) is 0 Å². The van der Waals surface area contributed by atoms with Gasteiger partial charge in [0, 0.05) is 59.8 Å². The smallest absolute Gasteiger partial charge is 0.120 e. The van der Waals surface area contributed by atoms with Crippen LogP contribution in [0, 0.1) is 0 Å². The van der Waals surface area contributed by atoms with Gasteiger partial charge in [-0.2, -0.15) is 0 Å². The lowest BCUT2D eigenvalue weighted by molar-refractivity contribution is 0.240. The van der Waals surface area contributed by atoms with Gasteiger partial charge in [-0.15, -0.1) is 0 Å². The fraction of sp³-hybridized carbons (Fsp3) is 0.174. The molecule has 134 valence electrons. The van der Waals surface area contributed by atoms with Gasteiger partial charge in [-0.05, 0) is 41.8 Å². The zero-order valence-electron chi connectivity index (χ0n) is 15.0. The maximum absolute atomic E-state index is 10.4. The number of rotatable bonds is 3. The number of aromatic nitrogens is 2. The molecule has 3 heterocycles. The molecule has 2 aromatic carbocycles. The molecular formula is C23H21N3O. The predicted molar refractivity (Wildman–Crippen MR) is 107 cm³/mol. The van der Waals surface area contributed by atoms with Crippen LogP contribution in [0.15, 0.2) is 67.0 Å². The van der Waals surface area contributed by atoms with Crippen LogP contribution in [-0.4, -0.2) is 26.5 Å². The Balaban J connectivity index is 1.41. The first-order valence-electron chi connectivity index (χ1n) is 9.31. The van der Waals surface area contributed by atoms with Gasteiger partial charge in [-0.3, -0.25) is 9.88 Å². The Labute approximate surface area is 158 Å². The highest BCUT2D eigenvalue weighted by molar-refractivity contribution is 5.84. The van der Waals surface area contributed by atoms with E-state index >= 15 is 0 Å². The molecule has 4 aromatic rings. The van der Waals surface area contributed by atoms with Crippen molar-refractivity contribution < 1.29 is 5.11 Å². The number of hydrogen-bond acceptors (Lipinski definition) is 3. The number of phenolic OH excluding ortho intramolecular Hbond substituents is 1. The number of hydrogen-bond donors (Lipinski definition) is 2. The minimum atomic E-state index is 0.352. The molecular weight excluding hydrogens is 334 g/mol. The zero-order chi connectivity index (χ0) is 18.2. The Morgan fingerprint density at radius 3 is 2.85 bits per heavy atom. The van der Waals surface area contributed by atoms with E-state index in [-0.39, 0.29) is 0 Å². The minimum Gasteiger partial charge on any atom is -0.508 e. The van der Waals surface area contributed by atoms with Gasteiger partial charge in [-0.25, -0.2) is 0 Å². The summed E-state index contributed by atoms with van der Waals surface area (Å²) >= 11 is 0. The molecule has 0 unspecified atom stereocenters. The first-order chi connectivity index (χ1) is 13.3. The second-order valence-corrected chi connectivity index (χ2v) is 7.17. The Morgan fingerprint density at radius 1 is 1.04 bits per heavy atom. The van der Waals surface area contributed by atoms with Crippen molar-refractivity contribution in [3.8, 4) is 16.9 Å². The lowest BCUT2D eigenvalue weighted by Gasteiger charge is -2.27. The third kappa shape index (κ3) is 2.98. The summed E-state index contributed by atoms with van der Waals surface area (Å²) in [5.41, 5.74) is 7.05. The van der Waals surface area contributed by atoms with Crippen molar-refractivity contribution in [3.63, 3.8) is 0 Å². The van der Waals surface area contributed by atoms with Gasteiger partial charge in [0.05, 0.1) is 0 Å². The summed E-state index contributed by atoms with van der Waals surface area (Å²) in [6.07, 6.45) is 4.66. The number of benzene rings is 2. The summed E-state index contributed by atoms with van der Waals surface area (Å²) in [4.78, 5) is 10.2. The Kier molecular flexibility index (Phi) is 3.91. The molecule has 0 saturated heterocycles. The average Bonchev–Trinajstić information content (AvgIpc) is 3.08. The van der Waals surface area contributed by atoms with Crippen molar-refractivity contribution in [2.75, 3.05) is 6.54 Å². The van der Waals surface area contributed by atoms with Gasteiger partial charge in [0.25, 0.3) is 0 Å². The highest BCUT2D eigenvalue weighted by Gasteiger charge is 2.21. The third-order valence-corrected chi connectivity index (χ3v) is 5.43. The van der Waals surface area contributed by atoms with Crippen LogP contribution in [-0.2, 0) is 19.5 Å². The molecule has 27 heavy (non-hydrogen) atoms. The lowest BCUT2D eigenvalue weighted by atomic mass is 10.0. The number of H-pyrrole nitrogens is 1. The monoisotopic (exact) mass is 355 g/mol. The summed E-state index contributed by atoms with van der Waals surface area (Å²) in [5, 5.41) is 11.7. The number of phenols is 1. The van der Waals surface area contributed by atoms with Gasteiger partial charge >= 0.3 is 0 Å². The predicted octanol–water partition coefficient (Wildman–Crippen LogP) is 4.49. The number of para-hydroxylation sites is 1. The summed E-state index contributed by atoms with van der Waals surface area (Å²) < 4.78 is 0. The Hall–Kier alpha value is -3.11. The van der Waals surface area contributed by atoms with E-state index in [2.05, 4.69) is 45.2 Å². The summed E-state index contributed by atoms with van der Waals surface area (Å²) in [6, 6.07) is 18.3. The Morgan fingerprint density at radius 2 is 1.96 bits per heavy atom. The zero-order valence-corrected chi connectivity index (χ0v) is 15.0. The van der Waals surface area contributed by atoms with Crippen molar-refractivity contribution in [1.29, 1.82) is 0 Å². The number of pyridine rings is 1.